The highest BCUT2D eigenvalue weighted by Gasteiger charge is 2.23. The molecule has 0 saturated carbocycles. The summed E-state index contributed by atoms with van der Waals surface area (Å²) in [6, 6.07) is 2.92. The zero-order valence-corrected chi connectivity index (χ0v) is 11.8. The van der Waals surface area contributed by atoms with E-state index in [-0.39, 0.29) is 21.9 Å². The second-order valence-corrected chi connectivity index (χ2v) is 5.91. The molecule has 0 aliphatic heterocycles. The smallest absolute Gasteiger partial charge is 0.267 e. The molecule has 0 spiro atoms. The molecule has 9 heteroatoms. The Bertz CT molecular complexity index is 661. The van der Waals surface area contributed by atoms with Crippen molar-refractivity contribution in [1.29, 1.82) is 0 Å². The SMILES string of the molecule is Cn1ccc(NS(=O)(=O)c2cc(CN)oc2Br)n1. The number of halogens is 1. The number of aryl methyl sites for hydroxylation is 1. The predicted octanol–water partition coefficient (Wildman–Crippen LogP) is 1.04. The summed E-state index contributed by atoms with van der Waals surface area (Å²) in [6.07, 6.45) is 1.63. The van der Waals surface area contributed by atoms with E-state index < -0.39 is 10.0 Å². The molecule has 98 valence electrons. The quantitative estimate of drug-likeness (QED) is 0.869. The van der Waals surface area contributed by atoms with Crippen LogP contribution in [0.1, 0.15) is 5.76 Å². The molecule has 0 aliphatic carbocycles. The summed E-state index contributed by atoms with van der Waals surface area (Å²) >= 11 is 3.05. The number of hydrogen-bond donors (Lipinski definition) is 2. The number of nitrogens with zero attached hydrogens (tertiary/aromatic N) is 2. The summed E-state index contributed by atoms with van der Waals surface area (Å²) in [4.78, 5) is -0.00592. The Kier molecular flexibility index (Phi) is 3.46. The molecule has 7 nitrogen and oxygen atoms in total. The van der Waals surface area contributed by atoms with E-state index in [9.17, 15) is 8.42 Å². The molecular weight excluding hydrogens is 324 g/mol. The van der Waals surface area contributed by atoms with Crippen LogP contribution in [-0.4, -0.2) is 18.2 Å². The minimum Gasteiger partial charge on any atom is -0.452 e. The number of nitrogens with two attached hydrogens (primary N) is 1. The van der Waals surface area contributed by atoms with E-state index >= 15 is 0 Å². The maximum Gasteiger partial charge on any atom is 0.267 e. The van der Waals surface area contributed by atoms with Gasteiger partial charge in [-0.2, -0.15) is 5.10 Å². The lowest BCUT2D eigenvalue weighted by Crippen LogP contribution is -2.13. The van der Waals surface area contributed by atoms with E-state index in [4.69, 9.17) is 10.2 Å². The number of furan rings is 1. The molecule has 0 aliphatic rings. The van der Waals surface area contributed by atoms with Crippen molar-refractivity contribution in [3.05, 3.63) is 28.8 Å². The van der Waals surface area contributed by atoms with Gasteiger partial charge in [-0.1, -0.05) is 0 Å². The van der Waals surface area contributed by atoms with Crippen LogP contribution in [0.15, 0.2) is 32.3 Å². The lowest BCUT2D eigenvalue weighted by Gasteiger charge is -2.02. The van der Waals surface area contributed by atoms with Crippen LogP contribution in [0.25, 0.3) is 0 Å². The van der Waals surface area contributed by atoms with E-state index in [1.165, 1.54) is 10.7 Å². The van der Waals surface area contributed by atoms with Crippen LogP contribution in [0.4, 0.5) is 5.82 Å². The van der Waals surface area contributed by atoms with Gasteiger partial charge in [-0.15, -0.1) is 0 Å². The normalized spacial score (nSPS) is 11.7. The average molecular weight is 335 g/mol. The lowest BCUT2D eigenvalue weighted by molar-refractivity contribution is 0.484. The van der Waals surface area contributed by atoms with Gasteiger partial charge in [-0.3, -0.25) is 9.40 Å². The maximum atomic E-state index is 12.1. The van der Waals surface area contributed by atoms with Gasteiger partial charge in [0.1, 0.15) is 10.7 Å². The van der Waals surface area contributed by atoms with Crippen LogP contribution in [0.5, 0.6) is 0 Å². The Balaban J connectivity index is 2.33. The third-order valence-electron chi connectivity index (χ3n) is 2.15. The first kappa shape index (κ1) is 13.1. The van der Waals surface area contributed by atoms with E-state index in [1.54, 1.807) is 19.3 Å². The van der Waals surface area contributed by atoms with E-state index in [0.717, 1.165) is 0 Å². The van der Waals surface area contributed by atoms with Gasteiger partial charge in [0.2, 0.25) is 0 Å². The van der Waals surface area contributed by atoms with Crippen molar-refractivity contribution < 1.29 is 12.8 Å². The highest BCUT2D eigenvalue weighted by atomic mass is 79.9. The molecule has 18 heavy (non-hydrogen) atoms. The third kappa shape index (κ3) is 2.57. The highest BCUT2D eigenvalue weighted by Crippen LogP contribution is 2.27. The van der Waals surface area contributed by atoms with Gasteiger partial charge < -0.3 is 10.2 Å². The van der Waals surface area contributed by atoms with Crippen molar-refractivity contribution in [2.45, 2.75) is 11.4 Å². The average Bonchev–Trinajstić information content (AvgIpc) is 2.84. The second kappa shape index (κ2) is 4.75. The predicted molar refractivity (Wildman–Crippen MR) is 68.3 cm³/mol. The van der Waals surface area contributed by atoms with Crippen LogP contribution >= 0.6 is 15.9 Å². The fraction of sp³-hybridized carbons (Fsp3) is 0.222. The first-order chi connectivity index (χ1) is 8.42. The van der Waals surface area contributed by atoms with E-state index in [0.29, 0.717) is 5.76 Å². The van der Waals surface area contributed by atoms with Crippen LogP contribution < -0.4 is 10.5 Å². The molecule has 0 atom stereocenters. The summed E-state index contributed by atoms with van der Waals surface area (Å²) in [5, 5.41) is 3.93. The fourth-order valence-electron chi connectivity index (χ4n) is 1.34. The third-order valence-corrected chi connectivity index (χ3v) is 4.36. The Morgan fingerprint density at radius 3 is 2.83 bits per heavy atom. The van der Waals surface area contributed by atoms with Crippen molar-refractivity contribution in [3.63, 3.8) is 0 Å². The topological polar surface area (TPSA) is 103 Å². The minimum atomic E-state index is -3.74. The summed E-state index contributed by atoms with van der Waals surface area (Å²) in [5.74, 6) is 0.614. The number of anilines is 1. The van der Waals surface area contributed by atoms with E-state index in [1.807, 2.05) is 0 Å². The van der Waals surface area contributed by atoms with Gasteiger partial charge >= 0.3 is 0 Å². The molecule has 0 unspecified atom stereocenters. The van der Waals surface area contributed by atoms with Crippen LogP contribution in [0, 0.1) is 0 Å². The molecule has 0 fully saturated rings. The van der Waals surface area contributed by atoms with Crippen molar-refractivity contribution in [1.82, 2.24) is 9.78 Å². The van der Waals surface area contributed by atoms with Crippen molar-refractivity contribution in [2.75, 3.05) is 4.72 Å². The first-order valence-electron chi connectivity index (χ1n) is 4.93. The van der Waals surface area contributed by atoms with Gasteiger partial charge in [-0.25, -0.2) is 8.42 Å². The lowest BCUT2D eigenvalue weighted by atomic mass is 10.5. The summed E-state index contributed by atoms with van der Waals surface area (Å²) in [7, 11) is -2.05. The van der Waals surface area contributed by atoms with Crippen LogP contribution in [-0.2, 0) is 23.6 Å². The van der Waals surface area contributed by atoms with Gasteiger partial charge in [0, 0.05) is 25.4 Å². The molecule has 0 radical (unpaired) electrons. The second-order valence-electron chi connectivity index (χ2n) is 3.53. The number of hydrogen-bond acceptors (Lipinski definition) is 5. The first-order valence-corrected chi connectivity index (χ1v) is 7.21. The van der Waals surface area contributed by atoms with Gasteiger partial charge in [0.25, 0.3) is 10.0 Å². The van der Waals surface area contributed by atoms with Gasteiger partial charge in [0.15, 0.2) is 10.5 Å². The molecule has 0 bridgehead atoms. The molecule has 0 saturated heterocycles. The van der Waals surface area contributed by atoms with Crippen LogP contribution in [0.3, 0.4) is 0 Å². The zero-order chi connectivity index (χ0) is 13.3. The molecule has 2 rings (SSSR count). The van der Waals surface area contributed by atoms with E-state index in [2.05, 4.69) is 25.8 Å². The molecule has 2 aromatic rings. The fourth-order valence-corrected chi connectivity index (χ4v) is 3.34. The number of nitrogens with one attached hydrogen (secondary N) is 1. The summed E-state index contributed by atoms with van der Waals surface area (Å²) in [5.41, 5.74) is 5.39. The standard InChI is InChI=1S/C9H11BrN4O3S/c1-14-3-2-8(12-14)13-18(15,16)7-4-6(5-11)17-9(7)10/h2-4H,5,11H2,1H3,(H,12,13). The zero-order valence-electron chi connectivity index (χ0n) is 9.42. The molecule has 2 heterocycles. The molecular formula is C9H11BrN4O3S. The number of sulfonamides is 1. The minimum absolute atomic E-state index is 0.00592. The Hall–Kier alpha value is -1.32. The van der Waals surface area contributed by atoms with Gasteiger partial charge in [0.05, 0.1) is 6.54 Å². The Labute approximate surface area is 112 Å². The molecule has 0 aromatic carbocycles. The van der Waals surface area contributed by atoms with Crippen LogP contribution in [0.2, 0.25) is 0 Å². The molecule has 2 aromatic heterocycles. The maximum absolute atomic E-state index is 12.1. The Morgan fingerprint density at radius 2 is 2.33 bits per heavy atom. The Morgan fingerprint density at radius 1 is 1.61 bits per heavy atom. The number of aromatic nitrogens is 2. The number of rotatable bonds is 4. The van der Waals surface area contributed by atoms with Crippen molar-refractivity contribution >= 4 is 31.8 Å². The largest absolute Gasteiger partial charge is 0.452 e. The monoisotopic (exact) mass is 334 g/mol. The molecule has 3 N–H and O–H groups in total. The van der Waals surface area contributed by atoms with Crippen molar-refractivity contribution in [2.24, 2.45) is 12.8 Å². The molecule has 0 amide bonds. The van der Waals surface area contributed by atoms with Crippen molar-refractivity contribution in [3.8, 4) is 0 Å². The summed E-state index contributed by atoms with van der Waals surface area (Å²) in [6.45, 7) is 0.123. The highest BCUT2D eigenvalue weighted by molar-refractivity contribution is 9.10. The van der Waals surface area contributed by atoms with Gasteiger partial charge in [-0.05, 0) is 15.9 Å². The summed E-state index contributed by atoms with van der Waals surface area (Å²) < 4.78 is 33.2.